The molecule has 190 valence electrons. The van der Waals surface area contributed by atoms with Crippen molar-refractivity contribution in [2.45, 2.75) is 32.4 Å². The van der Waals surface area contributed by atoms with Gasteiger partial charge in [0.1, 0.15) is 11.4 Å². The first-order valence-electron chi connectivity index (χ1n) is 12.7. The van der Waals surface area contributed by atoms with Gasteiger partial charge >= 0.3 is 0 Å². The molecule has 0 saturated heterocycles. The monoisotopic (exact) mass is 495 g/mol. The number of aromatic nitrogens is 2. The zero-order valence-corrected chi connectivity index (χ0v) is 21.3. The number of ether oxygens (including phenoxy) is 1. The summed E-state index contributed by atoms with van der Waals surface area (Å²) in [4.78, 5) is 13.4. The summed E-state index contributed by atoms with van der Waals surface area (Å²) in [5.74, 6) is 1.33. The molecule has 1 heterocycles. The quantitative estimate of drug-likeness (QED) is 0.288. The van der Waals surface area contributed by atoms with E-state index in [4.69, 9.17) is 10.5 Å². The van der Waals surface area contributed by atoms with E-state index in [0.717, 1.165) is 52.0 Å². The summed E-state index contributed by atoms with van der Waals surface area (Å²) in [6, 6.07) is 25.6. The van der Waals surface area contributed by atoms with Crippen molar-refractivity contribution in [2.24, 2.45) is 11.7 Å². The van der Waals surface area contributed by atoms with Crippen LogP contribution in [0, 0.1) is 12.8 Å². The summed E-state index contributed by atoms with van der Waals surface area (Å²) in [6.07, 6.45) is 2.53. The zero-order valence-electron chi connectivity index (χ0n) is 21.3. The van der Waals surface area contributed by atoms with Crippen LogP contribution in [0.4, 0.5) is 5.69 Å². The molecule has 1 aromatic heterocycles. The predicted octanol–water partition coefficient (Wildman–Crippen LogP) is 4.99. The number of hydrogen-bond donors (Lipinski definition) is 3. The fourth-order valence-corrected chi connectivity index (χ4v) is 4.58. The normalized spacial score (nSPS) is 13.8. The van der Waals surface area contributed by atoms with Crippen LogP contribution in [0.25, 0.3) is 5.69 Å². The maximum atomic E-state index is 13.4. The molecule has 4 aromatic rings. The number of hydrogen-bond acceptors (Lipinski definition) is 5. The maximum Gasteiger partial charge on any atom is 0.274 e. The van der Waals surface area contributed by atoms with Crippen LogP contribution in [0.3, 0.4) is 0 Å². The molecule has 7 nitrogen and oxygen atoms in total. The van der Waals surface area contributed by atoms with Crippen LogP contribution in [0.5, 0.6) is 5.75 Å². The molecule has 1 aliphatic rings. The minimum Gasteiger partial charge on any atom is -0.496 e. The summed E-state index contributed by atoms with van der Waals surface area (Å²) in [7, 11) is 1.70. The van der Waals surface area contributed by atoms with E-state index in [2.05, 4.69) is 27.9 Å². The van der Waals surface area contributed by atoms with E-state index in [1.807, 2.05) is 67.6 Å². The Bertz CT molecular complexity index is 1390. The average Bonchev–Trinajstić information content (AvgIpc) is 3.67. The molecule has 0 spiro atoms. The van der Waals surface area contributed by atoms with Crippen molar-refractivity contribution in [3.8, 4) is 11.4 Å². The largest absolute Gasteiger partial charge is 0.496 e. The molecule has 0 aliphatic heterocycles. The Morgan fingerprint density at radius 1 is 1.08 bits per heavy atom. The first-order chi connectivity index (χ1) is 18.1. The van der Waals surface area contributed by atoms with Gasteiger partial charge in [-0.3, -0.25) is 4.79 Å². The average molecular weight is 496 g/mol. The minimum absolute atomic E-state index is 0.0552. The standard InChI is InChI=1S/C30H33N5O2/c1-20-15-27(35(34-20)25-10-5-7-22(16-25)18-31)30(36)33-24-9-6-8-23(17-24)29(32-19-21-13-14-21)26-11-3-4-12-28(26)37-2/h3-12,15-17,21,29,32H,13-14,18-19,31H2,1-2H3,(H,33,36). The number of nitrogens with one attached hydrogen (secondary N) is 2. The van der Waals surface area contributed by atoms with Crippen molar-refractivity contribution < 1.29 is 9.53 Å². The van der Waals surface area contributed by atoms with Crippen LogP contribution in [-0.2, 0) is 6.54 Å². The van der Waals surface area contributed by atoms with Gasteiger partial charge < -0.3 is 21.1 Å². The fourth-order valence-electron chi connectivity index (χ4n) is 4.58. The van der Waals surface area contributed by atoms with E-state index in [0.29, 0.717) is 12.2 Å². The Labute approximate surface area is 217 Å². The Morgan fingerprint density at radius 3 is 2.68 bits per heavy atom. The molecule has 1 atom stereocenters. The molecule has 1 unspecified atom stereocenters. The van der Waals surface area contributed by atoms with Gasteiger partial charge in [-0.1, -0.05) is 42.5 Å². The Balaban J connectivity index is 1.42. The van der Waals surface area contributed by atoms with Gasteiger partial charge in [0, 0.05) is 17.8 Å². The molecule has 37 heavy (non-hydrogen) atoms. The highest BCUT2D eigenvalue weighted by Gasteiger charge is 2.25. The molecule has 5 rings (SSSR count). The van der Waals surface area contributed by atoms with E-state index in [9.17, 15) is 4.79 Å². The van der Waals surface area contributed by atoms with Crippen LogP contribution in [0.2, 0.25) is 0 Å². The molecule has 1 amide bonds. The zero-order chi connectivity index (χ0) is 25.8. The molecular weight excluding hydrogens is 462 g/mol. The summed E-state index contributed by atoms with van der Waals surface area (Å²) in [5.41, 5.74) is 11.7. The third-order valence-corrected chi connectivity index (χ3v) is 6.69. The lowest BCUT2D eigenvalue weighted by Gasteiger charge is -2.22. The number of aryl methyl sites for hydroxylation is 1. The van der Waals surface area contributed by atoms with Crippen LogP contribution < -0.4 is 21.1 Å². The highest BCUT2D eigenvalue weighted by Crippen LogP contribution is 2.34. The summed E-state index contributed by atoms with van der Waals surface area (Å²) < 4.78 is 7.34. The smallest absolute Gasteiger partial charge is 0.274 e. The number of anilines is 1. The van der Waals surface area contributed by atoms with Gasteiger partial charge in [0.2, 0.25) is 0 Å². The summed E-state index contributed by atoms with van der Waals surface area (Å²) in [6.45, 7) is 3.24. The number of para-hydroxylation sites is 1. The lowest BCUT2D eigenvalue weighted by molar-refractivity contribution is 0.101. The van der Waals surface area contributed by atoms with Crippen LogP contribution >= 0.6 is 0 Å². The molecule has 1 aliphatic carbocycles. The lowest BCUT2D eigenvalue weighted by atomic mass is 9.97. The SMILES string of the molecule is COc1ccccc1C(NCC1CC1)c1cccc(NC(=O)c2cc(C)nn2-c2cccc(CN)c2)c1. The highest BCUT2D eigenvalue weighted by molar-refractivity contribution is 6.03. The second-order valence-corrected chi connectivity index (χ2v) is 9.56. The predicted molar refractivity (Wildman–Crippen MR) is 146 cm³/mol. The first kappa shape index (κ1) is 24.7. The highest BCUT2D eigenvalue weighted by atomic mass is 16.5. The minimum atomic E-state index is -0.226. The van der Waals surface area contributed by atoms with E-state index in [-0.39, 0.29) is 11.9 Å². The van der Waals surface area contributed by atoms with Crippen molar-refractivity contribution in [3.05, 3.63) is 107 Å². The molecule has 3 aromatic carbocycles. The van der Waals surface area contributed by atoms with Crippen molar-refractivity contribution in [1.29, 1.82) is 0 Å². The van der Waals surface area contributed by atoms with Crippen LogP contribution in [0.1, 0.15) is 51.8 Å². The number of methoxy groups -OCH3 is 1. The molecule has 7 heteroatoms. The van der Waals surface area contributed by atoms with Crippen LogP contribution in [-0.4, -0.2) is 29.3 Å². The molecular formula is C30H33N5O2. The van der Waals surface area contributed by atoms with Crippen molar-refractivity contribution in [1.82, 2.24) is 15.1 Å². The van der Waals surface area contributed by atoms with E-state index >= 15 is 0 Å². The molecule has 4 N–H and O–H groups in total. The van der Waals surface area contributed by atoms with Gasteiger partial charge in [-0.05, 0) is 79.8 Å². The summed E-state index contributed by atoms with van der Waals surface area (Å²) >= 11 is 0. The Hall–Kier alpha value is -3.94. The number of rotatable bonds is 10. The Kier molecular flexibility index (Phi) is 7.35. The number of carbonyl (C=O) groups is 1. The molecule has 0 radical (unpaired) electrons. The van der Waals surface area contributed by atoms with E-state index in [1.54, 1.807) is 17.9 Å². The lowest BCUT2D eigenvalue weighted by Crippen LogP contribution is -2.25. The third kappa shape index (κ3) is 5.74. The number of amides is 1. The number of carbonyl (C=O) groups excluding carboxylic acids is 1. The second kappa shape index (κ2) is 11.0. The summed E-state index contributed by atoms with van der Waals surface area (Å²) in [5, 5.41) is 11.4. The van der Waals surface area contributed by atoms with Gasteiger partial charge in [-0.25, -0.2) is 4.68 Å². The van der Waals surface area contributed by atoms with Crippen molar-refractivity contribution in [3.63, 3.8) is 0 Å². The van der Waals surface area contributed by atoms with Gasteiger partial charge in [-0.2, -0.15) is 5.10 Å². The topological polar surface area (TPSA) is 94.2 Å². The molecule has 0 bridgehead atoms. The van der Waals surface area contributed by atoms with Crippen LogP contribution in [0.15, 0.2) is 78.9 Å². The number of benzene rings is 3. The third-order valence-electron chi connectivity index (χ3n) is 6.69. The Morgan fingerprint density at radius 2 is 1.89 bits per heavy atom. The van der Waals surface area contributed by atoms with Crippen molar-refractivity contribution >= 4 is 11.6 Å². The molecule has 1 fully saturated rings. The number of nitrogens with zero attached hydrogens (tertiary/aromatic N) is 2. The molecule has 1 saturated carbocycles. The van der Waals surface area contributed by atoms with Gasteiger partial charge in [-0.15, -0.1) is 0 Å². The second-order valence-electron chi connectivity index (χ2n) is 9.56. The van der Waals surface area contributed by atoms with E-state index < -0.39 is 0 Å². The maximum absolute atomic E-state index is 13.4. The van der Waals surface area contributed by atoms with Crippen molar-refractivity contribution in [2.75, 3.05) is 19.0 Å². The number of nitrogens with two attached hydrogens (primary N) is 1. The van der Waals surface area contributed by atoms with E-state index in [1.165, 1.54) is 12.8 Å². The van der Waals surface area contributed by atoms with Gasteiger partial charge in [0.25, 0.3) is 5.91 Å². The fraction of sp³-hybridized carbons (Fsp3) is 0.267. The van der Waals surface area contributed by atoms with Gasteiger partial charge in [0.05, 0.1) is 24.5 Å². The van der Waals surface area contributed by atoms with Gasteiger partial charge in [0.15, 0.2) is 0 Å². The first-order valence-corrected chi connectivity index (χ1v) is 12.7.